The molecule has 0 atom stereocenters. The summed E-state index contributed by atoms with van der Waals surface area (Å²) < 4.78 is 97.4. The van der Waals surface area contributed by atoms with E-state index in [4.69, 9.17) is 9.47 Å². The zero-order chi connectivity index (χ0) is 33.4. The van der Waals surface area contributed by atoms with E-state index in [9.17, 15) is 41.0 Å². The van der Waals surface area contributed by atoms with E-state index in [0.29, 0.717) is 11.4 Å². The molecular weight excluding hydrogens is 624 g/mol. The first-order valence-electron chi connectivity index (χ1n) is 13.1. The maximum atomic E-state index is 13.8. The molecule has 0 spiro atoms. The van der Waals surface area contributed by atoms with Gasteiger partial charge in [-0.15, -0.1) is 26.3 Å². The van der Waals surface area contributed by atoms with Gasteiger partial charge in [0.25, 0.3) is 0 Å². The summed E-state index contributed by atoms with van der Waals surface area (Å²) in [6, 6.07) is 17.7. The summed E-state index contributed by atoms with van der Waals surface area (Å²) >= 11 is 0. The van der Waals surface area contributed by atoms with Crippen LogP contribution in [0.1, 0.15) is 20.7 Å². The fourth-order valence-electron chi connectivity index (χ4n) is 4.92. The van der Waals surface area contributed by atoms with E-state index in [0.717, 1.165) is 36.4 Å². The minimum atomic E-state index is -5.06. The van der Waals surface area contributed by atoms with E-state index < -0.39 is 52.7 Å². The van der Waals surface area contributed by atoms with Crippen LogP contribution in [0.4, 0.5) is 26.3 Å². The monoisotopic (exact) mass is 645 g/mol. The van der Waals surface area contributed by atoms with E-state index >= 15 is 0 Å². The van der Waals surface area contributed by atoms with E-state index in [1.807, 2.05) is 0 Å². The van der Waals surface area contributed by atoms with Crippen LogP contribution in [0.15, 0.2) is 84.9 Å². The fraction of sp³-hybridized carbons (Fsp3) is 0.125. The van der Waals surface area contributed by atoms with Gasteiger partial charge in [-0.25, -0.2) is 0 Å². The van der Waals surface area contributed by atoms with Crippen molar-refractivity contribution >= 4 is 22.5 Å². The van der Waals surface area contributed by atoms with Crippen LogP contribution in [0.25, 0.3) is 27.8 Å². The number of alkyl halides is 6. The molecule has 0 aliphatic carbocycles. The maximum absolute atomic E-state index is 13.8. The number of rotatable bonds is 9. The number of fused-ring (bicyclic) bond motifs is 1. The molecule has 5 aromatic rings. The predicted octanol–water partition coefficient (Wildman–Crippen LogP) is 7.88. The third-order valence-corrected chi connectivity index (χ3v) is 6.73. The highest BCUT2D eigenvalue weighted by Crippen LogP contribution is 2.46. The lowest BCUT2D eigenvalue weighted by atomic mass is 9.97. The zero-order valence-electron chi connectivity index (χ0n) is 23.7. The molecule has 1 N–H and O–H groups in total. The number of ketones is 2. The van der Waals surface area contributed by atoms with Crippen molar-refractivity contribution in [2.75, 3.05) is 14.2 Å². The molecule has 0 radical (unpaired) electrons. The third-order valence-electron chi connectivity index (χ3n) is 6.73. The summed E-state index contributed by atoms with van der Waals surface area (Å²) in [5, 5.41) is 11.5. The molecule has 0 aliphatic rings. The normalized spacial score (nSPS) is 11.7. The van der Waals surface area contributed by atoms with Crippen LogP contribution >= 0.6 is 0 Å². The van der Waals surface area contributed by atoms with Crippen LogP contribution in [0.2, 0.25) is 0 Å². The molecule has 14 heteroatoms. The summed E-state index contributed by atoms with van der Waals surface area (Å²) in [6.45, 7) is 0. The highest BCUT2D eigenvalue weighted by atomic mass is 19.4. The first-order valence-corrected chi connectivity index (χ1v) is 13.1. The van der Waals surface area contributed by atoms with Gasteiger partial charge in [0.05, 0.1) is 36.4 Å². The Balaban J connectivity index is 1.75. The van der Waals surface area contributed by atoms with Crippen LogP contribution in [-0.2, 0) is 0 Å². The smallest absolute Gasteiger partial charge is 0.505 e. The Labute approximate surface area is 255 Å². The number of halogens is 6. The number of methoxy groups -OCH3 is 2. The molecule has 46 heavy (non-hydrogen) atoms. The second-order valence-corrected chi connectivity index (χ2v) is 9.58. The SMILES string of the molecule is COc1ccc(-n2c(-c3cccc(OC(F)(F)F)c3)c(O)c3c(C(=O)C(=O)c4cccc(OC(F)(F)F)c4)c(OC)ccc32)cc1. The number of hydrogen-bond donors (Lipinski definition) is 1. The Morgan fingerprint density at radius 2 is 1.30 bits per heavy atom. The highest BCUT2D eigenvalue weighted by Gasteiger charge is 2.34. The van der Waals surface area contributed by atoms with Crippen molar-refractivity contribution in [2.24, 2.45) is 0 Å². The Bertz CT molecular complexity index is 1950. The summed E-state index contributed by atoms with van der Waals surface area (Å²) in [7, 11) is 2.63. The van der Waals surface area contributed by atoms with Crippen molar-refractivity contribution in [3.05, 3.63) is 96.1 Å². The molecular formula is C32H21F6NO7. The van der Waals surface area contributed by atoms with Gasteiger partial charge in [0.1, 0.15) is 28.7 Å². The predicted molar refractivity (Wildman–Crippen MR) is 152 cm³/mol. The van der Waals surface area contributed by atoms with Gasteiger partial charge >= 0.3 is 12.7 Å². The number of aromatic nitrogens is 1. The van der Waals surface area contributed by atoms with E-state index in [2.05, 4.69) is 9.47 Å². The molecule has 0 bridgehead atoms. The molecule has 8 nitrogen and oxygen atoms in total. The number of benzene rings is 4. The molecule has 4 aromatic carbocycles. The quantitative estimate of drug-likeness (QED) is 0.0990. The second kappa shape index (κ2) is 12.0. The molecule has 0 saturated heterocycles. The van der Waals surface area contributed by atoms with Crippen LogP contribution in [0.3, 0.4) is 0 Å². The van der Waals surface area contributed by atoms with Crippen molar-refractivity contribution in [1.29, 1.82) is 0 Å². The lowest BCUT2D eigenvalue weighted by Gasteiger charge is -2.14. The number of nitrogens with zero attached hydrogens (tertiary/aromatic N) is 1. The van der Waals surface area contributed by atoms with Crippen molar-refractivity contribution in [1.82, 2.24) is 4.57 Å². The van der Waals surface area contributed by atoms with Gasteiger partial charge < -0.3 is 28.6 Å². The molecule has 0 amide bonds. The number of ether oxygens (including phenoxy) is 4. The van der Waals surface area contributed by atoms with Crippen LogP contribution in [0.5, 0.6) is 28.7 Å². The Kier molecular flexibility index (Phi) is 8.30. The molecule has 1 aromatic heterocycles. The van der Waals surface area contributed by atoms with E-state index in [1.165, 1.54) is 43.1 Å². The van der Waals surface area contributed by atoms with Crippen molar-refractivity contribution in [3.8, 4) is 45.7 Å². The molecule has 0 unspecified atom stereocenters. The summed E-state index contributed by atoms with van der Waals surface area (Å²) in [5.41, 5.74) is -0.436. The number of carbonyl (C=O) groups excluding carboxylic acids is 2. The summed E-state index contributed by atoms with van der Waals surface area (Å²) in [4.78, 5) is 27.2. The van der Waals surface area contributed by atoms with Crippen molar-refractivity contribution in [2.45, 2.75) is 12.7 Å². The third kappa shape index (κ3) is 6.41. The first-order chi connectivity index (χ1) is 21.7. The van der Waals surface area contributed by atoms with Gasteiger partial charge in [-0.05, 0) is 60.7 Å². The fourth-order valence-corrected chi connectivity index (χ4v) is 4.92. The van der Waals surface area contributed by atoms with Gasteiger partial charge in [-0.1, -0.05) is 24.3 Å². The van der Waals surface area contributed by atoms with Gasteiger partial charge in [0.2, 0.25) is 11.6 Å². The number of aromatic hydroxyl groups is 1. The van der Waals surface area contributed by atoms with Gasteiger partial charge in [0.15, 0.2) is 0 Å². The molecule has 5 rings (SSSR count). The molecule has 0 saturated carbocycles. The Hall–Kier alpha value is -5.66. The van der Waals surface area contributed by atoms with Gasteiger partial charge in [-0.3, -0.25) is 9.59 Å². The molecule has 238 valence electrons. The molecule has 0 fully saturated rings. The Morgan fingerprint density at radius 3 is 1.89 bits per heavy atom. The highest BCUT2D eigenvalue weighted by molar-refractivity contribution is 6.51. The molecule has 0 aliphatic heterocycles. The zero-order valence-corrected chi connectivity index (χ0v) is 23.7. The standard InChI is InChI=1S/C32H21F6NO7/c1-43-20-11-9-19(10-12-20)39-23-13-14-24(44-2)26(30(42)28(40)18-6-4-8-22(16-18)46-32(36,37)38)25(23)29(41)27(39)17-5-3-7-21(15-17)45-31(33,34)35/h3-16,41H,1-2H3. The number of Topliss-reactive ketones (excluding diaryl/α,β-unsaturated/α-hetero) is 2. The maximum Gasteiger partial charge on any atom is 0.573 e. The van der Waals surface area contributed by atoms with Gasteiger partial charge in [-0.2, -0.15) is 0 Å². The first kappa shape index (κ1) is 31.8. The van der Waals surface area contributed by atoms with Crippen LogP contribution < -0.4 is 18.9 Å². The number of hydrogen-bond acceptors (Lipinski definition) is 7. The summed E-state index contributed by atoms with van der Waals surface area (Å²) in [6.07, 6.45) is -10.1. The largest absolute Gasteiger partial charge is 0.573 e. The van der Waals surface area contributed by atoms with Crippen molar-refractivity contribution < 1.29 is 60.0 Å². The second-order valence-electron chi connectivity index (χ2n) is 9.58. The van der Waals surface area contributed by atoms with Crippen molar-refractivity contribution in [3.63, 3.8) is 0 Å². The Morgan fingerprint density at radius 1 is 0.696 bits per heavy atom. The summed E-state index contributed by atoms with van der Waals surface area (Å²) in [5.74, 6) is -4.16. The molecule has 1 heterocycles. The van der Waals surface area contributed by atoms with Crippen LogP contribution in [0, 0.1) is 0 Å². The average Bonchev–Trinajstić information content (AvgIpc) is 3.30. The van der Waals surface area contributed by atoms with Gasteiger partial charge in [0, 0.05) is 16.8 Å². The van der Waals surface area contributed by atoms with E-state index in [-0.39, 0.29) is 27.9 Å². The topological polar surface area (TPSA) is 96.2 Å². The minimum absolute atomic E-state index is 0.0342. The lowest BCUT2D eigenvalue weighted by molar-refractivity contribution is -0.275. The minimum Gasteiger partial charge on any atom is -0.505 e. The number of carbonyl (C=O) groups is 2. The van der Waals surface area contributed by atoms with E-state index in [1.54, 1.807) is 24.3 Å². The average molecular weight is 646 g/mol. The lowest BCUT2D eigenvalue weighted by Crippen LogP contribution is -2.19. The van der Waals surface area contributed by atoms with Crippen LogP contribution in [-0.4, -0.2) is 48.2 Å².